The molecule has 1 aromatic carbocycles. The summed E-state index contributed by atoms with van der Waals surface area (Å²) in [7, 11) is 0. The van der Waals surface area contributed by atoms with Crippen LogP contribution in [0.15, 0.2) is 32.6 Å². The predicted molar refractivity (Wildman–Crippen MR) is 47.5 cm³/mol. The smallest absolute Gasteiger partial charge is 0.221 e. The Morgan fingerprint density at radius 3 is 2.67 bits per heavy atom. The van der Waals surface area contributed by atoms with Gasteiger partial charge in [-0.1, -0.05) is 0 Å². The largest absolute Gasteiger partial charge is 0.503 e. The lowest BCUT2D eigenvalue weighted by atomic mass is 10.4. The Morgan fingerprint density at radius 2 is 2.08 bits per heavy atom. The Hall–Kier alpha value is -1.23. The van der Waals surface area contributed by atoms with Crippen molar-refractivity contribution >= 4 is 21.6 Å². The summed E-state index contributed by atoms with van der Waals surface area (Å²) in [5.41, 5.74) is -0.476. The number of hydrogen-bond donors (Lipinski definition) is 1. The van der Waals surface area contributed by atoms with Crippen LogP contribution in [0.5, 0.6) is 5.75 Å². The van der Waals surface area contributed by atoms with E-state index in [1.165, 1.54) is 12.1 Å². The van der Waals surface area contributed by atoms with Gasteiger partial charge >= 0.3 is 0 Å². The minimum atomic E-state index is -0.559. The summed E-state index contributed by atoms with van der Waals surface area (Å²) in [5.74, 6) is -0.426. The number of rotatable bonds is 1. The normalized spacial score (nSPS) is 9.42. The van der Waals surface area contributed by atoms with Crippen molar-refractivity contribution in [2.24, 2.45) is 5.18 Å². The second-order valence-electron chi connectivity index (χ2n) is 2.05. The average Bonchev–Trinajstić information content (AvgIpc) is 2.19. The summed E-state index contributed by atoms with van der Waals surface area (Å²) in [5, 5.41) is 11.7. The quantitative estimate of drug-likeness (QED) is 0.749. The molecule has 5 heteroatoms. The zero-order chi connectivity index (χ0) is 9.14. The molecular formula is C7H4BrNO3. The van der Waals surface area contributed by atoms with Gasteiger partial charge in [0.2, 0.25) is 5.43 Å². The van der Waals surface area contributed by atoms with E-state index in [0.717, 1.165) is 6.07 Å². The van der Waals surface area contributed by atoms with Crippen molar-refractivity contribution in [2.45, 2.75) is 0 Å². The monoisotopic (exact) mass is 229 g/mol. The van der Waals surface area contributed by atoms with E-state index in [4.69, 9.17) is 5.11 Å². The molecule has 0 bridgehead atoms. The average molecular weight is 230 g/mol. The zero-order valence-corrected chi connectivity index (χ0v) is 7.41. The standard InChI is InChI=1S/C7H4BrNO3/c8-5-3-4(9-12)1-2-6(10)7(5)11/h1-3H,(H,10,11). The van der Waals surface area contributed by atoms with Crippen LogP contribution < -0.4 is 5.43 Å². The fourth-order valence-corrected chi connectivity index (χ4v) is 1.09. The molecule has 12 heavy (non-hydrogen) atoms. The van der Waals surface area contributed by atoms with Crippen LogP contribution in [-0.4, -0.2) is 5.11 Å². The molecule has 0 fully saturated rings. The lowest BCUT2D eigenvalue weighted by Gasteiger charge is -1.85. The fraction of sp³-hybridized carbons (Fsp3) is 0. The maximum atomic E-state index is 10.9. The van der Waals surface area contributed by atoms with Gasteiger partial charge in [0.15, 0.2) is 5.75 Å². The van der Waals surface area contributed by atoms with Crippen molar-refractivity contribution in [3.05, 3.63) is 37.8 Å². The highest BCUT2D eigenvalue weighted by molar-refractivity contribution is 9.10. The number of nitroso groups, excluding NO2 is 1. The van der Waals surface area contributed by atoms with E-state index in [1.807, 2.05) is 0 Å². The first kappa shape index (κ1) is 8.86. The summed E-state index contributed by atoms with van der Waals surface area (Å²) in [6.07, 6.45) is 0. The Kier molecular flexibility index (Phi) is 2.54. The highest BCUT2D eigenvalue weighted by Gasteiger charge is 2.01. The molecule has 0 aliphatic rings. The van der Waals surface area contributed by atoms with E-state index in [-0.39, 0.29) is 10.2 Å². The molecule has 0 saturated heterocycles. The minimum Gasteiger partial charge on any atom is -0.503 e. The molecule has 0 amide bonds. The van der Waals surface area contributed by atoms with Crippen molar-refractivity contribution in [3.8, 4) is 5.75 Å². The number of halogens is 1. The Labute approximate surface area is 76.0 Å². The van der Waals surface area contributed by atoms with Crippen LogP contribution in [0.1, 0.15) is 0 Å². The highest BCUT2D eigenvalue weighted by Crippen LogP contribution is 2.22. The summed E-state index contributed by atoms with van der Waals surface area (Å²) in [6, 6.07) is 3.58. The van der Waals surface area contributed by atoms with E-state index >= 15 is 0 Å². The molecule has 1 rings (SSSR count). The molecule has 62 valence electrons. The van der Waals surface area contributed by atoms with Crippen molar-refractivity contribution in [1.29, 1.82) is 0 Å². The molecule has 0 aliphatic heterocycles. The summed E-state index contributed by atoms with van der Waals surface area (Å²) in [4.78, 5) is 20.9. The minimum absolute atomic E-state index is 0.0827. The summed E-state index contributed by atoms with van der Waals surface area (Å²) < 4.78 is 0.159. The van der Waals surface area contributed by atoms with Crippen LogP contribution >= 0.6 is 15.9 Å². The maximum absolute atomic E-state index is 10.9. The van der Waals surface area contributed by atoms with Gasteiger partial charge in [-0.3, -0.25) is 4.79 Å². The van der Waals surface area contributed by atoms with Gasteiger partial charge < -0.3 is 5.11 Å². The highest BCUT2D eigenvalue weighted by atomic mass is 79.9. The van der Waals surface area contributed by atoms with Crippen LogP contribution in [0.3, 0.4) is 0 Å². The molecule has 0 heterocycles. The molecule has 1 aromatic rings. The van der Waals surface area contributed by atoms with Gasteiger partial charge in [0.25, 0.3) is 0 Å². The van der Waals surface area contributed by atoms with Crippen LogP contribution in [0.2, 0.25) is 0 Å². The van der Waals surface area contributed by atoms with E-state index in [9.17, 15) is 9.70 Å². The van der Waals surface area contributed by atoms with Crippen LogP contribution in [0, 0.1) is 4.91 Å². The zero-order valence-electron chi connectivity index (χ0n) is 5.82. The van der Waals surface area contributed by atoms with Crippen LogP contribution in [0.25, 0.3) is 0 Å². The molecular weight excluding hydrogens is 226 g/mol. The first-order valence-electron chi connectivity index (χ1n) is 3.01. The third kappa shape index (κ3) is 1.68. The van der Waals surface area contributed by atoms with E-state index in [1.54, 1.807) is 0 Å². The van der Waals surface area contributed by atoms with Gasteiger partial charge in [-0.2, -0.15) is 0 Å². The first-order valence-corrected chi connectivity index (χ1v) is 3.80. The van der Waals surface area contributed by atoms with Gasteiger partial charge in [-0.15, -0.1) is 4.91 Å². The first-order chi connectivity index (χ1) is 5.65. The van der Waals surface area contributed by atoms with E-state index < -0.39 is 11.2 Å². The van der Waals surface area contributed by atoms with Crippen molar-refractivity contribution in [1.82, 2.24) is 0 Å². The molecule has 1 N–H and O–H groups in total. The Bertz CT molecular complexity index is 378. The molecule has 0 atom stereocenters. The van der Waals surface area contributed by atoms with Gasteiger partial charge in [-0.25, -0.2) is 0 Å². The second kappa shape index (κ2) is 3.44. The van der Waals surface area contributed by atoms with E-state index in [2.05, 4.69) is 21.1 Å². The third-order valence-corrected chi connectivity index (χ3v) is 1.85. The Morgan fingerprint density at radius 1 is 1.42 bits per heavy atom. The molecule has 0 saturated carbocycles. The van der Waals surface area contributed by atoms with Gasteiger partial charge in [0.05, 0.1) is 4.47 Å². The molecule has 0 spiro atoms. The maximum Gasteiger partial charge on any atom is 0.221 e. The van der Waals surface area contributed by atoms with Gasteiger partial charge in [-0.05, 0) is 39.3 Å². The van der Waals surface area contributed by atoms with Gasteiger partial charge in [0.1, 0.15) is 5.69 Å². The number of aromatic hydroxyl groups is 1. The van der Waals surface area contributed by atoms with Crippen LogP contribution in [-0.2, 0) is 0 Å². The lowest BCUT2D eigenvalue weighted by Crippen LogP contribution is -1.92. The predicted octanol–water partition coefficient (Wildman–Crippen LogP) is 1.91. The topological polar surface area (TPSA) is 66.7 Å². The fourth-order valence-electron chi connectivity index (χ4n) is 0.661. The number of hydrogen-bond acceptors (Lipinski definition) is 4. The van der Waals surface area contributed by atoms with Crippen LogP contribution in [0.4, 0.5) is 5.69 Å². The molecule has 4 nitrogen and oxygen atoms in total. The Balaban J connectivity index is 3.54. The van der Waals surface area contributed by atoms with E-state index in [0.29, 0.717) is 0 Å². The molecule has 0 aliphatic carbocycles. The SMILES string of the molecule is O=Nc1ccc(=O)c(O)c(Br)c1. The summed E-state index contributed by atoms with van der Waals surface area (Å²) in [6.45, 7) is 0. The van der Waals surface area contributed by atoms with Crippen molar-refractivity contribution in [2.75, 3.05) is 0 Å². The number of nitrogens with zero attached hydrogens (tertiary/aromatic N) is 1. The third-order valence-electron chi connectivity index (χ3n) is 1.25. The van der Waals surface area contributed by atoms with Gasteiger partial charge in [0, 0.05) is 0 Å². The molecule has 0 aromatic heterocycles. The lowest BCUT2D eigenvalue weighted by molar-refractivity contribution is 0.467. The molecule has 0 radical (unpaired) electrons. The van der Waals surface area contributed by atoms with Crippen molar-refractivity contribution in [3.63, 3.8) is 0 Å². The van der Waals surface area contributed by atoms with Crippen molar-refractivity contribution < 1.29 is 5.11 Å². The molecule has 0 unspecified atom stereocenters. The second-order valence-corrected chi connectivity index (χ2v) is 2.91. The summed E-state index contributed by atoms with van der Waals surface area (Å²) >= 11 is 2.92.